The van der Waals surface area contributed by atoms with Gasteiger partial charge in [0.15, 0.2) is 0 Å². The van der Waals surface area contributed by atoms with Gasteiger partial charge in [-0.15, -0.1) is 0 Å². The maximum absolute atomic E-state index is 11.0. The molecule has 0 aliphatic carbocycles. The molecule has 24 heavy (non-hydrogen) atoms. The first-order valence-corrected chi connectivity index (χ1v) is 7.95. The lowest BCUT2D eigenvalue weighted by molar-refractivity contribution is 0.0696. The lowest BCUT2D eigenvalue weighted by Crippen LogP contribution is -2.36. The number of aromatic carboxylic acids is 1. The molecule has 0 amide bonds. The highest BCUT2D eigenvalue weighted by Gasteiger charge is 2.21. The van der Waals surface area contributed by atoms with Crippen LogP contribution in [0.3, 0.4) is 0 Å². The summed E-state index contributed by atoms with van der Waals surface area (Å²) in [6, 6.07) is 8.59. The SMILES string of the molecule is O=C(O)c1ccc2c(c1)CC[C@H](CNCC(O)c1cccnc1)O2. The van der Waals surface area contributed by atoms with Crippen LogP contribution in [0.5, 0.6) is 5.75 Å². The number of hydrogen-bond donors (Lipinski definition) is 3. The van der Waals surface area contributed by atoms with Crippen molar-refractivity contribution >= 4 is 5.97 Å². The minimum absolute atomic E-state index is 0.00859. The number of aliphatic hydroxyl groups excluding tert-OH is 1. The zero-order chi connectivity index (χ0) is 16.9. The number of rotatable bonds is 6. The van der Waals surface area contributed by atoms with Crippen LogP contribution in [0.1, 0.15) is 34.0 Å². The predicted molar refractivity (Wildman–Crippen MR) is 88.2 cm³/mol. The summed E-state index contributed by atoms with van der Waals surface area (Å²) in [4.78, 5) is 15.0. The molecule has 3 N–H and O–H groups in total. The van der Waals surface area contributed by atoms with E-state index in [0.717, 1.165) is 29.7 Å². The Kier molecular flexibility index (Phi) is 5.08. The highest BCUT2D eigenvalue weighted by atomic mass is 16.5. The molecule has 3 rings (SSSR count). The molecule has 0 bridgehead atoms. The average molecular weight is 328 g/mol. The molecule has 6 nitrogen and oxygen atoms in total. The van der Waals surface area contributed by atoms with Crippen molar-refractivity contribution in [2.45, 2.75) is 25.0 Å². The summed E-state index contributed by atoms with van der Waals surface area (Å²) in [6.45, 7) is 1.05. The normalized spacial score (nSPS) is 17.6. The Balaban J connectivity index is 1.50. The topological polar surface area (TPSA) is 91.7 Å². The van der Waals surface area contributed by atoms with Crippen LogP contribution in [0.25, 0.3) is 0 Å². The average Bonchev–Trinajstić information content (AvgIpc) is 2.61. The van der Waals surface area contributed by atoms with Gasteiger partial charge in [0.05, 0.1) is 11.7 Å². The van der Waals surface area contributed by atoms with E-state index >= 15 is 0 Å². The van der Waals surface area contributed by atoms with Crippen molar-refractivity contribution in [2.24, 2.45) is 0 Å². The summed E-state index contributed by atoms with van der Waals surface area (Å²) in [5, 5.41) is 22.3. The first-order valence-electron chi connectivity index (χ1n) is 7.95. The summed E-state index contributed by atoms with van der Waals surface area (Å²) in [7, 11) is 0. The largest absolute Gasteiger partial charge is 0.489 e. The van der Waals surface area contributed by atoms with Crippen molar-refractivity contribution in [2.75, 3.05) is 13.1 Å². The van der Waals surface area contributed by atoms with E-state index in [4.69, 9.17) is 9.84 Å². The van der Waals surface area contributed by atoms with Crippen molar-refractivity contribution in [3.8, 4) is 5.75 Å². The Morgan fingerprint density at radius 3 is 3.04 bits per heavy atom. The van der Waals surface area contributed by atoms with Crippen molar-refractivity contribution < 1.29 is 19.7 Å². The van der Waals surface area contributed by atoms with E-state index in [0.29, 0.717) is 13.1 Å². The number of fused-ring (bicyclic) bond motifs is 1. The summed E-state index contributed by atoms with van der Waals surface area (Å²) in [5.41, 5.74) is 2.00. The first kappa shape index (κ1) is 16.4. The molecule has 126 valence electrons. The fourth-order valence-corrected chi connectivity index (χ4v) is 2.79. The second-order valence-electron chi connectivity index (χ2n) is 5.87. The molecular weight excluding hydrogens is 308 g/mol. The number of carboxylic acids is 1. The fraction of sp³-hybridized carbons (Fsp3) is 0.333. The van der Waals surface area contributed by atoms with Crippen molar-refractivity contribution in [3.63, 3.8) is 0 Å². The van der Waals surface area contributed by atoms with Crippen molar-refractivity contribution in [1.29, 1.82) is 0 Å². The first-order chi connectivity index (χ1) is 11.6. The molecule has 1 aromatic carbocycles. The molecule has 2 heterocycles. The summed E-state index contributed by atoms with van der Waals surface area (Å²) in [6.07, 6.45) is 4.33. The molecule has 6 heteroatoms. The van der Waals surface area contributed by atoms with Gasteiger partial charge in [0.1, 0.15) is 11.9 Å². The molecule has 0 saturated carbocycles. The summed E-state index contributed by atoms with van der Waals surface area (Å²) < 4.78 is 5.90. The molecule has 1 aliphatic rings. The Morgan fingerprint density at radius 1 is 1.42 bits per heavy atom. The zero-order valence-corrected chi connectivity index (χ0v) is 13.2. The van der Waals surface area contributed by atoms with E-state index in [1.807, 2.05) is 6.07 Å². The number of carboxylic acid groups (broad SMARTS) is 1. The second-order valence-corrected chi connectivity index (χ2v) is 5.87. The number of aromatic nitrogens is 1. The smallest absolute Gasteiger partial charge is 0.335 e. The molecule has 0 fully saturated rings. The molecule has 1 aliphatic heterocycles. The molecule has 0 spiro atoms. The highest BCUT2D eigenvalue weighted by molar-refractivity contribution is 5.88. The summed E-state index contributed by atoms with van der Waals surface area (Å²) in [5.74, 6) is -0.183. The minimum atomic E-state index is -0.925. The van der Waals surface area contributed by atoms with Crippen LogP contribution in [0.2, 0.25) is 0 Å². The number of ether oxygens (including phenoxy) is 1. The number of carbonyl (C=O) groups is 1. The van der Waals surface area contributed by atoms with Crippen LogP contribution < -0.4 is 10.1 Å². The Labute approximate surface area is 140 Å². The second kappa shape index (κ2) is 7.42. The van der Waals surface area contributed by atoms with Gasteiger partial charge in [0.2, 0.25) is 0 Å². The lowest BCUT2D eigenvalue weighted by atomic mass is 10.00. The standard InChI is InChI=1S/C18H20N2O4/c21-16(14-2-1-7-19-9-14)11-20-10-15-5-3-12-8-13(18(22)23)4-6-17(12)24-15/h1-2,4,6-9,15-16,20-21H,3,5,10-11H2,(H,22,23)/t15-,16?/m1/s1. The van der Waals surface area contributed by atoms with Crippen molar-refractivity contribution in [1.82, 2.24) is 10.3 Å². The van der Waals surface area contributed by atoms with E-state index in [9.17, 15) is 9.90 Å². The van der Waals surface area contributed by atoms with E-state index in [1.54, 1.807) is 36.7 Å². The van der Waals surface area contributed by atoms with Gasteiger partial charge in [-0.25, -0.2) is 4.79 Å². The van der Waals surface area contributed by atoms with Crippen LogP contribution in [-0.2, 0) is 6.42 Å². The van der Waals surface area contributed by atoms with Gasteiger partial charge < -0.3 is 20.3 Å². The van der Waals surface area contributed by atoms with E-state index < -0.39 is 12.1 Å². The highest BCUT2D eigenvalue weighted by Crippen LogP contribution is 2.28. The Morgan fingerprint density at radius 2 is 2.29 bits per heavy atom. The van der Waals surface area contributed by atoms with Gasteiger partial charge in [-0.3, -0.25) is 4.98 Å². The molecule has 2 atom stereocenters. The van der Waals surface area contributed by atoms with Crippen LogP contribution in [-0.4, -0.2) is 40.4 Å². The van der Waals surface area contributed by atoms with Gasteiger partial charge in [0, 0.05) is 31.0 Å². The van der Waals surface area contributed by atoms with E-state index in [2.05, 4.69) is 10.3 Å². The predicted octanol–water partition coefficient (Wildman–Crippen LogP) is 1.80. The minimum Gasteiger partial charge on any atom is -0.489 e. The van der Waals surface area contributed by atoms with Gasteiger partial charge >= 0.3 is 5.97 Å². The van der Waals surface area contributed by atoms with Gasteiger partial charge in [-0.2, -0.15) is 0 Å². The third-order valence-corrected chi connectivity index (χ3v) is 4.12. The van der Waals surface area contributed by atoms with Crippen LogP contribution in [0, 0.1) is 0 Å². The van der Waals surface area contributed by atoms with E-state index in [1.165, 1.54) is 0 Å². The summed E-state index contributed by atoms with van der Waals surface area (Å²) >= 11 is 0. The number of hydrogen-bond acceptors (Lipinski definition) is 5. The lowest BCUT2D eigenvalue weighted by Gasteiger charge is -2.27. The van der Waals surface area contributed by atoms with Crippen LogP contribution in [0.4, 0.5) is 0 Å². The maximum atomic E-state index is 11.0. The van der Waals surface area contributed by atoms with Gasteiger partial charge in [-0.1, -0.05) is 6.07 Å². The maximum Gasteiger partial charge on any atom is 0.335 e. The van der Waals surface area contributed by atoms with E-state index in [-0.39, 0.29) is 11.7 Å². The molecule has 0 radical (unpaired) electrons. The quantitative estimate of drug-likeness (QED) is 0.749. The third kappa shape index (κ3) is 3.90. The fourth-order valence-electron chi connectivity index (χ4n) is 2.79. The van der Waals surface area contributed by atoms with Gasteiger partial charge in [0.25, 0.3) is 0 Å². The molecule has 1 aromatic heterocycles. The van der Waals surface area contributed by atoms with Crippen molar-refractivity contribution in [3.05, 3.63) is 59.4 Å². The monoisotopic (exact) mass is 328 g/mol. The number of benzene rings is 1. The third-order valence-electron chi connectivity index (χ3n) is 4.12. The number of nitrogens with zero attached hydrogens (tertiary/aromatic N) is 1. The number of aliphatic hydroxyl groups is 1. The van der Waals surface area contributed by atoms with Crippen LogP contribution in [0.15, 0.2) is 42.7 Å². The molecule has 2 aromatic rings. The Bertz CT molecular complexity index is 705. The molecule has 1 unspecified atom stereocenters. The number of pyridine rings is 1. The Hall–Kier alpha value is -2.44. The van der Waals surface area contributed by atoms with Gasteiger partial charge in [-0.05, 0) is 42.7 Å². The van der Waals surface area contributed by atoms with Crippen LogP contribution >= 0.6 is 0 Å². The molecule has 0 saturated heterocycles. The number of aryl methyl sites for hydroxylation is 1. The zero-order valence-electron chi connectivity index (χ0n) is 13.2. The molecular formula is C18H20N2O4. The number of nitrogens with one attached hydrogen (secondary N) is 1.